The van der Waals surface area contributed by atoms with Gasteiger partial charge in [-0.1, -0.05) is 6.92 Å². The number of carbonyl (C=O) groups is 3. The third-order valence-corrected chi connectivity index (χ3v) is 6.50. The number of hydrogen-bond acceptors (Lipinski definition) is 6. The highest BCUT2D eigenvalue weighted by Crippen LogP contribution is 2.43. The molecule has 3 N–H and O–H groups in total. The summed E-state index contributed by atoms with van der Waals surface area (Å²) < 4.78 is 40.6. The zero-order chi connectivity index (χ0) is 21.6. The molecular weight excluding hydrogens is 413 g/mol. The van der Waals surface area contributed by atoms with Crippen molar-refractivity contribution in [2.45, 2.75) is 63.3 Å². The minimum atomic E-state index is -5.19. The number of aromatic nitrogens is 1. The molecule has 12 heteroatoms. The lowest BCUT2D eigenvalue weighted by atomic mass is 9.77. The van der Waals surface area contributed by atoms with E-state index in [-0.39, 0.29) is 5.69 Å². The molecule has 2 heterocycles. The van der Waals surface area contributed by atoms with E-state index in [9.17, 15) is 32.7 Å². The van der Waals surface area contributed by atoms with Crippen LogP contribution in [0.3, 0.4) is 0 Å². The van der Waals surface area contributed by atoms with Gasteiger partial charge < -0.3 is 10.4 Å². The molecule has 1 saturated carbocycles. The molecule has 0 aromatic carbocycles. The molecular formula is C17H21F3N4O4S. The molecule has 1 aromatic rings. The van der Waals surface area contributed by atoms with Gasteiger partial charge in [-0.2, -0.15) is 18.2 Å². The van der Waals surface area contributed by atoms with Crippen molar-refractivity contribution in [1.29, 1.82) is 0 Å². The third-order valence-electron chi connectivity index (χ3n) is 5.38. The molecule has 1 aliphatic heterocycles. The summed E-state index contributed by atoms with van der Waals surface area (Å²) in [5.41, 5.74) is -2.51. The van der Waals surface area contributed by atoms with E-state index in [1.54, 1.807) is 0 Å². The average molecular weight is 434 g/mol. The third kappa shape index (κ3) is 3.82. The molecule has 0 radical (unpaired) electrons. The number of nitrogens with zero attached hydrogens (tertiary/aromatic N) is 2. The molecule has 4 amide bonds. The van der Waals surface area contributed by atoms with Gasteiger partial charge in [-0.25, -0.2) is 9.78 Å². The average Bonchev–Trinajstić information content (AvgIpc) is 3.15. The molecule has 160 valence electrons. The van der Waals surface area contributed by atoms with Crippen LogP contribution in [-0.2, 0) is 15.2 Å². The Kier molecular flexibility index (Phi) is 5.37. The Morgan fingerprint density at radius 2 is 2.03 bits per heavy atom. The van der Waals surface area contributed by atoms with Crippen molar-refractivity contribution < 1.29 is 32.7 Å². The van der Waals surface area contributed by atoms with Crippen molar-refractivity contribution in [2.24, 2.45) is 5.92 Å². The Balaban J connectivity index is 1.75. The van der Waals surface area contributed by atoms with Crippen molar-refractivity contribution >= 4 is 29.2 Å². The summed E-state index contributed by atoms with van der Waals surface area (Å²) in [7, 11) is 0. The van der Waals surface area contributed by atoms with E-state index in [4.69, 9.17) is 0 Å². The molecule has 1 spiro atoms. The van der Waals surface area contributed by atoms with E-state index in [0.29, 0.717) is 47.9 Å². The summed E-state index contributed by atoms with van der Waals surface area (Å²) in [5.74, 6) is -1.65. The zero-order valence-electron chi connectivity index (χ0n) is 15.8. The summed E-state index contributed by atoms with van der Waals surface area (Å²) in [6.07, 6.45) is -4.46. The number of halogens is 3. The van der Waals surface area contributed by atoms with Gasteiger partial charge in [0.05, 0.1) is 6.42 Å². The molecule has 1 aromatic heterocycles. The maximum Gasteiger partial charge on any atom is 0.424 e. The lowest BCUT2D eigenvalue weighted by Crippen LogP contribution is -2.53. The molecule has 2 aliphatic rings. The topological polar surface area (TPSA) is 112 Å². The molecule has 3 rings (SSSR count). The van der Waals surface area contributed by atoms with Crippen LogP contribution < -0.4 is 10.7 Å². The van der Waals surface area contributed by atoms with Crippen molar-refractivity contribution in [1.82, 2.24) is 20.7 Å². The van der Waals surface area contributed by atoms with E-state index < -0.39 is 46.6 Å². The normalized spacial score (nSPS) is 27.1. The smallest absolute Gasteiger partial charge is 0.374 e. The quantitative estimate of drug-likeness (QED) is 0.629. The summed E-state index contributed by atoms with van der Waals surface area (Å²) in [6.45, 7) is 3.47. The lowest BCUT2D eigenvalue weighted by molar-refractivity contribution is -0.267. The van der Waals surface area contributed by atoms with Gasteiger partial charge in [0.25, 0.3) is 5.91 Å². The summed E-state index contributed by atoms with van der Waals surface area (Å²) >= 11 is 0.566. The number of hydrazine groups is 1. The predicted octanol–water partition coefficient (Wildman–Crippen LogP) is 2.12. The first kappa shape index (κ1) is 21.5. The van der Waals surface area contributed by atoms with Crippen LogP contribution >= 0.6 is 11.3 Å². The number of imide groups is 1. The number of aryl methyl sites for hydroxylation is 1. The van der Waals surface area contributed by atoms with E-state index >= 15 is 0 Å². The predicted molar refractivity (Wildman–Crippen MR) is 95.3 cm³/mol. The number of aliphatic hydroxyl groups is 1. The van der Waals surface area contributed by atoms with Crippen molar-refractivity contribution in [3.05, 3.63) is 16.1 Å². The Morgan fingerprint density at radius 3 is 2.55 bits per heavy atom. The fourth-order valence-electron chi connectivity index (χ4n) is 3.55. The van der Waals surface area contributed by atoms with Crippen LogP contribution in [0.15, 0.2) is 5.38 Å². The van der Waals surface area contributed by atoms with Crippen LogP contribution in [0.25, 0.3) is 0 Å². The van der Waals surface area contributed by atoms with Gasteiger partial charge in [-0.15, -0.1) is 11.3 Å². The van der Waals surface area contributed by atoms with Gasteiger partial charge in [0.15, 0.2) is 0 Å². The monoisotopic (exact) mass is 434 g/mol. The number of urea groups is 1. The SMILES string of the molecule is Cc1csc(C(O)(CC(=O)NN2C(=O)NC3(CCC(C)CC3)C2=O)C(F)(F)F)n1. The maximum atomic E-state index is 13.5. The van der Waals surface area contributed by atoms with Crippen LogP contribution in [0.4, 0.5) is 18.0 Å². The van der Waals surface area contributed by atoms with Gasteiger partial charge in [0, 0.05) is 11.1 Å². The Bertz CT molecular complexity index is 835. The first-order valence-electron chi connectivity index (χ1n) is 9.06. The highest BCUT2D eigenvalue weighted by atomic mass is 32.1. The number of rotatable bonds is 4. The number of thiazole rings is 1. The summed E-state index contributed by atoms with van der Waals surface area (Å²) in [6, 6.07) is -0.904. The Labute approximate surface area is 168 Å². The second-order valence-electron chi connectivity index (χ2n) is 7.70. The van der Waals surface area contributed by atoms with Crippen LogP contribution in [0.2, 0.25) is 0 Å². The van der Waals surface area contributed by atoms with Crippen LogP contribution in [0.1, 0.15) is 49.7 Å². The van der Waals surface area contributed by atoms with E-state index in [1.807, 2.05) is 12.3 Å². The van der Waals surface area contributed by atoms with Gasteiger partial charge in [-0.3, -0.25) is 15.0 Å². The largest absolute Gasteiger partial charge is 0.424 e. The van der Waals surface area contributed by atoms with Crippen molar-refractivity contribution in [2.75, 3.05) is 0 Å². The van der Waals surface area contributed by atoms with E-state index in [2.05, 4.69) is 10.3 Å². The number of amides is 4. The highest BCUT2D eigenvalue weighted by molar-refractivity contribution is 7.09. The van der Waals surface area contributed by atoms with Crippen LogP contribution in [0.5, 0.6) is 0 Å². The van der Waals surface area contributed by atoms with Crippen LogP contribution in [-0.4, -0.2) is 44.7 Å². The molecule has 29 heavy (non-hydrogen) atoms. The van der Waals surface area contributed by atoms with Gasteiger partial charge >= 0.3 is 12.2 Å². The summed E-state index contributed by atoms with van der Waals surface area (Å²) in [5, 5.41) is 13.8. The maximum absolute atomic E-state index is 13.5. The number of nitrogens with one attached hydrogen (secondary N) is 2. The molecule has 2 fully saturated rings. The van der Waals surface area contributed by atoms with E-state index in [0.717, 1.165) is 0 Å². The summed E-state index contributed by atoms with van der Waals surface area (Å²) in [4.78, 5) is 40.8. The molecule has 1 saturated heterocycles. The minimum absolute atomic E-state index is 0.260. The number of hydrogen-bond donors (Lipinski definition) is 3. The fraction of sp³-hybridized carbons (Fsp3) is 0.647. The molecule has 0 bridgehead atoms. The van der Waals surface area contributed by atoms with Crippen LogP contribution in [0, 0.1) is 12.8 Å². The van der Waals surface area contributed by atoms with Gasteiger partial charge in [0.2, 0.25) is 11.5 Å². The van der Waals surface area contributed by atoms with Crippen molar-refractivity contribution in [3.8, 4) is 0 Å². The fourth-order valence-corrected chi connectivity index (χ4v) is 4.47. The highest BCUT2D eigenvalue weighted by Gasteiger charge is 2.59. The number of carbonyl (C=O) groups excluding carboxylic acids is 3. The minimum Gasteiger partial charge on any atom is -0.374 e. The molecule has 1 aliphatic carbocycles. The standard InChI is InChI=1S/C17H21F3N4O4S/c1-9-3-5-15(6-4-9)13(26)24(14(27)22-15)23-11(25)7-16(28,17(18,19)20)12-21-10(2)8-29-12/h8-9,28H,3-7H2,1-2H3,(H,22,27)(H,23,25). The second kappa shape index (κ2) is 7.24. The first-order valence-corrected chi connectivity index (χ1v) is 9.94. The lowest BCUT2D eigenvalue weighted by Gasteiger charge is -2.33. The molecule has 1 atom stereocenters. The molecule has 1 unspecified atom stereocenters. The Hall–Kier alpha value is -2.21. The van der Waals surface area contributed by atoms with E-state index in [1.165, 1.54) is 12.3 Å². The van der Waals surface area contributed by atoms with Gasteiger partial charge in [-0.05, 0) is 38.5 Å². The molecule has 8 nitrogen and oxygen atoms in total. The Morgan fingerprint density at radius 1 is 1.41 bits per heavy atom. The zero-order valence-corrected chi connectivity index (χ0v) is 16.6. The number of alkyl halides is 3. The first-order chi connectivity index (χ1) is 13.4. The second-order valence-corrected chi connectivity index (χ2v) is 8.56. The van der Waals surface area contributed by atoms with Gasteiger partial charge in [0.1, 0.15) is 10.5 Å². The van der Waals surface area contributed by atoms with Crippen molar-refractivity contribution in [3.63, 3.8) is 0 Å².